The van der Waals surface area contributed by atoms with E-state index in [9.17, 15) is 18.8 Å². The number of esters is 1. The summed E-state index contributed by atoms with van der Waals surface area (Å²) in [6.07, 6.45) is 1.54. The van der Waals surface area contributed by atoms with Crippen LogP contribution in [-0.4, -0.2) is 35.2 Å². The summed E-state index contributed by atoms with van der Waals surface area (Å²) < 4.78 is 23.7. The van der Waals surface area contributed by atoms with E-state index < -0.39 is 23.2 Å². The average Bonchev–Trinajstić information content (AvgIpc) is 2.99. The summed E-state index contributed by atoms with van der Waals surface area (Å²) in [7, 11) is 1.19. The van der Waals surface area contributed by atoms with Crippen LogP contribution in [-0.2, 0) is 20.9 Å². The highest BCUT2D eigenvalue weighted by molar-refractivity contribution is 8.18. The number of hydrogen-bond donors (Lipinski definition) is 0. The molecule has 1 heterocycles. The summed E-state index contributed by atoms with van der Waals surface area (Å²) in [5.74, 6) is -1.12. The molecule has 0 saturated carbocycles. The minimum absolute atomic E-state index is 0.142. The maximum atomic E-state index is 13.3. The Hall–Kier alpha value is -3.13. The predicted molar refractivity (Wildman–Crippen MR) is 106 cm³/mol. The smallest absolute Gasteiger partial charge is 0.328 e. The monoisotopic (exact) mass is 415 g/mol. The third-order valence-electron chi connectivity index (χ3n) is 4.24. The van der Waals surface area contributed by atoms with Crippen molar-refractivity contribution in [1.82, 2.24) is 4.90 Å². The number of thioether (sulfide) groups is 1. The van der Waals surface area contributed by atoms with Gasteiger partial charge in [-0.15, -0.1) is 0 Å². The van der Waals surface area contributed by atoms with Crippen molar-refractivity contribution in [1.29, 1.82) is 0 Å². The van der Waals surface area contributed by atoms with E-state index in [4.69, 9.17) is 4.74 Å². The Labute approximate surface area is 171 Å². The first-order valence-corrected chi connectivity index (χ1v) is 9.53. The van der Waals surface area contributed by atoms with Crippen molar-refractivity contribution in [2.75, 3.05) is 7.11 Å². The molecule has 1 aliphatic rings. The summed E-state index contributed by atoms with van der Waals surface area (Å²) in [6.45, 7) is 1.57. The SMILES string of the molecule is COC(=O)[C@@H](C)N1C(=O)S/C(=C/c2ccccc2OCc2cccc(F)c2)C1=O. The number of nitrogens with zero attached hydrogens (tertiary/aromatic N) is 1. The van der Waals surface area contributed by atoms with Gasteiger partial charge in [-0.05, 0) is 48.5 Å². The Morgan fingerprint density at radius 3 is 2.69 bits per heavy atom. The van der Waals surface area contributed by atoms with Crippen molar-refractivity contribution in [3.8, 4) is 5.75 Å². The molecule has 2 aromatic rings. The van der Waals surface area contributed by atoms with E-state index in [1.54, 1.807) is 36.4 Å². The van der Waals surface area contributed by atoms with Gasteiger partial charge in [-0.2, -0.15) is 0 Å². The van der Waals surface area contributed by atoms with Crippen LogP contribution in [0.2, 0.25) is 0 Å². The van der Waals surface area contributed by atoms with Crippen LogP contribution in [0, 0.1) is 5.82 Å². The second kappa shape index (κ2) is 8.91. The Kier molecular flexibility index (Phi) is 6.33. The largest absolute Gasteiger partial charge is 0.488 e. The molecule has 6 nitrogen and oxygen atoms in total. The fraction of sp³-hybridized carbons (Fsp3) is 0.190. The molecule has 29 heavy (non-hydrogen) atoms. The number of imide groups is 1. The van der Waals surface area contributed by atoms with E-state index >= 15 is 0 Å². The lowest BCUT2D eigenvalue weighted by Gasteiger charge is -2.18. The molecule has 0 spiro atoms. The fourth-order valence-electron chi connectivity index (χ4n) is 2.75. The molecule has 2 amide bonds. The third-order valence-corrected chi connectivity index (χ3v) is 5.13. The normalized spacial score (nSPS) is 16.2. The Morgan fingerprint density at radius 1 is 1.21 bits per heavy atom. The zero-order valence-corrected chi connectivity index (χ0v) is 16.6. The van der Waals surface area contributed by atoms with E-state index in [0.29, 0.717) is 16.9 Å². The van der Waals surface area contributed by atoms with Gasteiger partial charge >= 0.3 is 5.97 Å². The van der Waals surface area contributed by atoms with Crippen LogP contribution in [0.4, 0.5) is 9.18 Å². The fourth-order valence-corrected chi connectivity index (χ4v) is 3.65. The summed E-state index contributed by atoms with van der Waals surface area (Å²) in [5, 5.41) is -0.544. The first-order valence-electron chi connectivity index (χ1n) is 8.72. The number of ether oxygens (including phenoxy) is 2. The van der Waals surface area contributed by atoms with Gasteiger partial charge in [0.05, 0.1) is 12.0 Å². The Balaban J connectivity index is 1.81. The molecule has 1 fully saturated rings. The highest BCUT2D eigenvalue weighted by atomic mass is 32.2. The number of halogens is 1. The average molecular weight is 415 g/mol. The maximum absolute atomic E-state index is 13.3. The molecule has 8 heteroatoms. The molecule has 2 aromatic carbocycles. The number of methoxy groups -OCH3 is 1. The zero-order chi connectivity index (χ0) is 21.0. The predicted octanol–water partition coefficient (Wildman–Crippen LogP) is 4.00. The lowest BCUT2D eigenvalue weighted by Crippen LogP contribution is -2.42. The molecule has 3 rings (SSSR count). The van der Waals surface area contributed by atoms with E-state index in [1.807, 2.05) is 0 Å². The maximum Gasteiger partial charge on any atom is 0.328 e. The quantitative estimate of drug-likeness (QED) is 0.525. The second-order valence-corrected chi connectivity index (χ2v) is 7.20. The molecule has 150 valence electrons. The molecule has 0 bridgehead atoms. The molecule has 0 aliphatic carbocycles. The first-order chi connectivity index (χ1) is 13.9. The van der Waals surface area contributed by atoms with Gasteiger partial charge in [0.1, 0.15) is 24.2 Å². The third kappa shape index (κ3) is 4.65. The molecule has 1 saturated heterocycles. The Morgan fingerprint density at radius 2 is 1.97 bits per heavy atom. The highest BCUT2D eigenvalue weighted by Gasteiger charge is 2.41. The van der Waals surface area contributed by atoms with Crippen molar-refractivity contribution in [2.24, 2.45) is 0 Å². The van der Waals surface area contributed by atoms with Crippen LogP contribution in [0.1, 0.15) is 18.1 Å². The lowest BCUT2D eigenvalue weighted by atomic mass is 10.1. The topological polar surface area (TPSA) is 72.9 Å². The van der Waals surface area contributed by atoms with Crippen LogP contribution in [0.3, 0.4) is 0 Å². The molecule has 0 N–H and O–H groups in total. The van der Waals surface area contributed by atoms with Crippen LogP contribution in [0.15, 0.2) is 53.4 Å². The van der Waals surface area contributed by atoms with Gasteiger partial charge in [0, 0.05) is 5.56 Å². The van der Waals surface area contributed by atoms with Gasteiger partial charge in [0.25, 0.3) is 11.1 Å². The molecular formula is C21H18FNO5S. The zero-order valence-electron chi connectivity index (χ0n) is 15.8. The van der Waals surface area contributed by atoms with Crippen LogP contribution in [0.5, 0.6) is 5.75 Å². The van der Waals surface area contributed by atoms with Crippen LogP contribution >= 0.6 is 11.8 Å². The Bertz CT molecular complexity index is 991. The van der Waals surface area contributed by atoms with Crippen molar-refractivity contribution in [3.05, 3.63) is 70.4 Å². The van der Waals surface area contributed by atoms with Gasteiger partial charge in [0.15, 0.2) is 0 Å². The van der Waals surface area contributed by atoms with Crippen molar-refractivity contribution in [2.45, 2.75) is 19.6 Å². The van der Waals surface area contributed by atoms with Crippen LogP contribution < -0.4 is 4.74 Å². The number of carbonyl (C=O) groups is 3. The summed E-state index contributed by atoms with van der Waals surface area (Å²) in [5.41, 5.74) is 1.24. The van der Waals surface area contributed by atoms with Gasteiger partial charge in [0.2, 0.25) is 0 Å². The van der Waals surface area contributed by atoms with E-state index in [2.05, 4.69) is 4.74 Å². The van der Waals surface area contributed by atoms with E-state index in [0.717, 1.165) is 16.7 Å². The van der Waals surface area contributed by atoms with Crippen LogP contribution in [0.25, 0.3) is 6.08 Å². The second-order valence-electron chi connectivity index (χ2n) is 6.21. The van der Waals surface area contributed by atoms with Gasteiger partial charge in [-0.1, -0.05) is 30.3 Å². The molecule has 0 aromatic heterocycles. The number of hydrogen-bond acceptors (Lipinski definition) is 6. The standard InChI is InChI=1S/C21H18FNO5S/c1-13(20(25)27-2)23-19(24)18(29-21(23)26)11-15-7-3-4-9-17(15)28-12-14-6-5-8-16(22)10-14/h3-11,13H,12H2,1-2H3/b18-11+/t13-/m1/s1. The van der Waals surface area contributed by atoms with Crippen molar-refractivity contribution < 1.29 is 28.2 Å². The van der Waals surface area contributed by atoms with Gasteiger partial charge in [-0.3, -0.25) is 14.5 Å². The highest BCUT2D eigenvalue weighted by Crippen LogP contribution is 2.35. The number of amides is 2. The van der Waals surface area contributed by atoms with Gasteiger partial charge in [-0.25, -0.2) is 9.18 Å². The number of rotatable bonds is 6. The summed E-state index contributed by atoms with van der Waals surface area (Å²) in [6, 6.07) is 12.0. The van der Waals surface area contributed by atoms with E-state index in [-0.39, 0.29) is 17.3 Å². The lowest BCUT2D eigenvalue weighted by molar-refractivity contribution is -0.148. The molecule has 0 radical (unpaired) electrons. The van der Waals surface area contributed by atoms with Gasteiger partial charge < -0.3 is 9.47 Å². The number of benzene rings is 2. The summed E-state index contributed by atoms with van der Waals surface area (Å²) >= 11 is 0.744. The molecule has 1 atom stereocenters. The molecular weight excluding hydrogens is 397 g/mol. The first kappa shape index (κ1) is 20.6. The van der Waals surface area contributed by atoms with E-state index in [1.165, 1.54) is 32.2 Å². The minimum Gasteiger partial charge on any atom is -0.488 e. The van der Waals surface area contributed by atoms with Crippen molar-refractivity contribution >= 4 is 35.0 Å². The number of para-hydroxylation sites is 1. The molecule has 1 aliphatic heterocycles. The number of carbonyl (C=O) groups excluding carboxylic acids is 3. The van der Waals surface area contributed by atoms with Crippen molar-refractivity contribution in [3.63, 3.8) is 0 Å². The summed E-state index contributed by atoms with van der Waals surface area (Å²) in [4.78, 5) is 37.6. The minimum atomic E-state index is -1.02. The molecule has 0 unspecified atom stereocenters.